The van der Waals surface area contributed by atoms with Crippen LogP contribution in [0.2, 0.25) is 0 Å². The second-order valence-electron chi connectivity index (χ2n) is 6.43. The van der Waals surface area contributed by atoms with E-state index >= 15 is 0 Å². The number of nitrogens with one attached hydrogen (secondary N) is 1. The molecule has 4 heteroatoms. The van der Waals surface area contributed by atoms with Crippen molar-refractivity contribution in [3.05, 3.63) is 18.0 Å². The minimum Gasteiger partial charge on any atom is -0.316 e. The number of aryl methyl sites for hydroxylation is 1. The molecule has 0 fully saturated rings. The van der Waals surface area contributed by atoms with Crippen LogP contribution in [-0.2, 0) is 13.6 Å². The molecule has 0 radical (unpaired) electrons. The smallest absolute Gasteiger partial charge is 0.0534 e. The van der Waals surface area contributed by atoms with E-state index in [9.17, 15) is 0 Å². The molecule has 0 spiro atoms. The monoisotopic (exact) mass is 280 g/mol. The zero-order chi connectivity index (χ0) is 15.0. The van der Waals surface area contributed by atoms with Crippen molar-refractivity contribution in [3.63, 3.8) is 0 Å². The molecule has 1 aromatic heterocycles. The fourth-order valence-corrected chi connectivity index (χ4v) is 2.97. The largest absolute Gasteiger partial charge is 0.316 e. The lowest BCUT2D eigenvalue weighted by atomic mass is 9.84. The highest BCUT2D eigenvalue weighted by Crippen LogP contribution is 2.24. The molecule has 4 nitrogen and oxygen atoms in total. The average molecular weight is 280 g/mol. The van der Waals surface area contributed by atoms with Gasteiger partial charge in [-0.3, -0.25) is 4.68 Å². The zero-order valence-electron chi connectivity index (χ0n) is 13.9. The van der Waals surface area contributed by atoms with Gasteiger partial charge in [0.15, 0.2) is 0 Å². The van der Waals surface area contributed by atoms with Gasteiger partial charge < -0.3 is 10.2 Å². The second-order valence-corrected chi connectivity index (χ2v) is 6.43. The first-order chi connectivity index (χ1) is 9.49. The highest BCUT2D eigenvalue weighted by Gasteiger charge is 2.24. The molecule has 1 rings (SSSR count). The molecule has 1 aromatic rings. The van der Waals surface area contributed by atoms with E-state index in [1.807, 2.05) is 17.9 Å². The summed E-state index contributed by atoms with van der Waals surface area (Å²) in [7, 11) is 4.18. The van der Waals surface area contributed by atoms with E-state index in [0.717, 1.165) is 26.2 Å². The summed E-state index contributed by atoms with van der Waals surface area (Å²) >= 11 is 0. The van der Waals surface area contributed by atoms with Crippen molar-refractivity contribution in [3.8, 4) is 0 Å². The van der Waals surface area contributed by atoms with Gasteiger partial charge in [0.1, 0.15) is 0 Å². The second kappa shape index (κ2) is 8.42. The molecule has 0 aliphatic heterocycles. The highest BCUT2D eigenvalue weighted by molar-refractivity contribution is 5.03. The molecule has 1 heterocycles. The third-order valence-electron chi connectivity index (χ3n) is 3.69. The Bertz CT molecular complexity index is 374. The van der Waals surface area contributed by atoms with Crippen molar-refractivity contribution in [2.75, 3.05) is 26.7 Å². The Kier molecular flexibility index (Phi) is 7.24. The van der Waals surface area contributed by atoms with Crippen molar-refractivity contribution in [2.24, 2.45) is 12.5 Å². The van der Waals surface area contributed by atoms with E-state index in [0.29, 0.717) is 5.41 Å². The number of rotatable bonds is 10. The van der Waals surface area contributed by atoms with Gasteiger partial charge in [-0.25, -0.2) is 0 Å². The lowest BCUT2D eigenvalue weighted by molar-refractivity contribution is 0.168. The molecule has 0 aliphatic rings. The Morgan fingerprint density at radius 3 is 2.65 bits per heavy atom. The zero-order valence-corrected chi connectivity index (χ0v) is 13.9. The van der Waals surface area contributed by atoms with Gasteiger partial charge in [-0.15, -0.1) is 0 Å². The summed E-state index contributed by atoms with van der Waals surface area (Å²) in [6.07, 6.45) is 7.77. The van der Waals surface area contributed by atoms with Crippen molar-refractivity contribution < 1.29 is 0 Å². The van der Waals surface area contributed by atoms with Gasteiger partial charge in [-0.1, -0.05) is 27.2 Å². The van der Waals surface area contributed by atoms with Crippen LogP contribution in [0.5, 0.6) is 0 Å². The Morgan fingerprint density at radius 1 is 1.35 bits per heavy atom. The van der Waals surface area contributed by atoms with E-state index < -0.39 is 0 Å². The molecule has 1 N–H and O–H groups in total. The number of aromatic nitrogens is 2. The van der Waals surface area contributed by atoms with E-state index in [4.69, 9.17) is 0 Å². The van der Waals surface area contributed by atoms with Gasteiger partial charge >= 0.3 is 0 Å². The van der Waals surface area contributed by atoms with E-state index in [2.05, 4.69) is 49.3 Å². The van der Waals surface area contributed by atoms with Crippen molar-refractivity contribution in [1.82, 2.24) is 20.0 Å². The molecule has 0 aliphatic carbocycles. The van der Waals surface area contributed by atoms with Crippen LogP contribution in [0.4, 0.5) is 0 Å². The standard InChI is InChI=1S/C16H32N4/c1-6-8-16(3,13-17-9-7-2)14-19(4)11-15-10-18-20(5)12-15/h10,12,17H,6-9,11,13-14H2,1-5H3. The summed E-state index contributed by atoms with van der Waals surface area (Å²) in [5.74, 6) is 0. The lowest BCUT2D eigenvalue weighted by Crippen LogP contribution is -2.41. The Hall–Kier alpha value is -0.870. The molecule has 1 unspecified atom stereocenters. The lowest BCUT2D eigenvalue weighted by Gasteiger charge is -2.34. The first-order valence-corrected chi connectivity index (χ1v) is 7.86. The molecular formula is C16H32N4. The SMILES string of the molecule is CCCNCC(C)(CCC)CN(C)Cc1cnn(C)c1. The summed E-state index contributed by atoms with van der Waals surface area (Å²) in [5, 5.41) is 7.83. The Balaban J connectivity index is 2.50. The molecule has 0 saturated heterocycles. The summed E-state index contributed by atoms with van der Waals surface area (Å²) in [6.45, 7) is 11.2. The van der Waals surface area contributed by atoms with Crippen LogP contribution in [0.1, 0.15) is 45.6 Å². The van der Waals surface area contributed by atoms with Gasteiger partial charge in [-0.05, 0) is 31.8 Å². The predicted molar refractivity (Wildman–Crippen MR) is 85.7 cm³/mol. The average Bonchev–Trinajstić information content (AvgIpc) is 2.74. The van der Waals surface area contributed by atoms with Gasteiger partial charge in [0, 0.05) is 38.4 Å². The number of hydrogen-bond acceptors (Lipinski definition) is 3. The number of nitrogens with zero attached hydrogens (tertiary/aromatic N) is 3. The van der Waals surface area contributed by atoms with Crippen LogP contribution in [0.25, 0.3) is 0 Å². The predicted octanol–water partition coefficient (Wildman–Crippen LogP) is 2.66. The van der Waals surface area contributed by atoms with E-state index in [1.54, 1.807) is 0 Å². The van der Waals surface area contributed by atoms with Crippen LogP contribution in [-0.4, -0.2) is 41.4 Å². The molecule has 20 heavy (non-hydrogen) atoms. The van der Waals surface area contributed by atoms with Crippen LogP contribution < -0.4 is 5.32 Å². The molecule has 0 saturated carbocycles. The molecule has 1 atom stereocenters. The van der Waals surface area contributed by atoms with Crippen molar-refractivity contribution >= 4 is 0 Å². The molecule has 116 valence electrons. The van der Waals surface area contributed by atoms with Crippen molar-refractivity contribution in [1.29, 1.82) is 0 Å². The molecular weight excluding hydrogens is 248 g/mol. The minimum atomic E-state index is 0.348. The summed E-state index contributed by atoms with van der Waals surface area (Å²) in [5.41, 5.74) is 1.64. The van der Waals surface area contributed by atoms with Crippen LogP contribution >= 0.6 is 0 Å². The van der Waals surface area contributed by atoms with Crippen LogP contribution in [0, 0.1) is 5.41 Å². The topological polar surface area (TPSA) is 33.1 Å². The van der Waals surface area contributed by atoms with Gasteiger partial charge in [0.25, 0.3) is 0 Å². The normalized spacial score (nSPS) is 14.7. The third kappa shape index (κ3) is 6.06. The van der Waals surface area contributed by atoms with Crippen LogP contribution in [0.15, 0.2) is 12.4 Å². The van der Waals surface area contributed by atoms with E-state index in [1.165, 1.54) is 24.8 Å². The summed E-state index contributed by atoms with van der Waals surface area (Å²) in [6, 6.07) is 0. The fraction of sp³-hybridized carbons (Fsp3) is 0.812. The molecule has 0 bridgehead atoms. The highest BCUT2D eigenvalue weighted by atomic mass is 15.2. The van der Waals surface area contributed by atoms with E-state index in [-0.39, 0.29) is 0 Å². The molecule has 0 amide bonds. The van der Waals surface area contributed by atoms with Crippen LogP contribution in [0.3, 0.4) is 0 Å². The third-order valence-corrected chi connectivity index (χ3v) is 3.69. The Labute approximate surface area is 124 Å². The maximum atomic E-state index is 4.24. The number of hydrogen-bond donors (Lipinski definition) is 1. The summed E-state index contributed by atoms with van der Waals surface area (Å²) < 4.78 is 1.87. The quantitative estimate of drug-likeness (QED) is 0.669. The first-order valence-electron chi connectivity index (χ1n) is 7.86. The summed E-state index contributed by atoms with van der Waals surface area (Å²) in [4.78, 5) is 2.42. The maximum absolute atomic E-state index is 4.24. The maximum Gasteiger partial charge on any atom is 0.0534 e. The van der Waals surface area contributed by atoms with Crippen molar-refractivity contribution in [2.45, 2.75) is 46.6 Å². The first kappa shape index (κ1) is 17.2. The minimum absolute atomic E-state index is 0.348. The fourth-order valence-electron chi connectivity index (χ4n) is 2.97. The van der Waals surface area contributed by atoms with Gasteiger partial charge in [0.2, 0.25) is 0 Å². The van der Waals surface area contributed by atoms with Gasteiger partial charge in [0.05, 0.1) is 6.20 Å². The molecule has 0 aromatic carbocycles. The Morgan fingerprint density at radius 2 is 2.10 bits per heavy atom. The van der Waals surface area contributed by atoms with Gasteiger partial charge in [-0.2, -0.15) is 5.10 Å².